The zero-order chi connectivity index (χ0) is 11.6. The minimum absolute atomic E-state index is 0.165. The third-order valence-corrected chi connectivity index (χ3v) is 2.44. The summed E-state index contributed by atoms with van der Waals surface area (Å²) >= 11 is 5.18. The Balaban J connectivity index is 2.63. The van der Waals surface area contributed by atoms with Gasteiger partial charge in [-0.2, -0.15) is 13.2 Å². The van der Waals surface area contributed by atoms with E-state index in [9.17, 15) is 22.8 Å². The molecule has 1 atom stereocenters. The van der Waals surface area contributed by atoms with Gasteiger partial charge < -0.3 is 4.90 Å². The molecular formula is C8H9ClF3NO2. The number of halogens is 4. The highest BCUT2D eigenvalue weighted by Gasteiger charge is 2.39. The van der Waals surface area contributed by atoms with Crippen LogP contribution in [-0.2, 0) is 9.59 Å². The van der Waals surface area contributed by atoms with Crippen LogP contribution in [0.2, 0.25) is 0 Å². The van der Waals surface area contributed by atoms with Crippen molar-refractivity contribution in [2.45, 2.75) is 31.5 Å². The van der Waals surface area contributed by atoms with E-state index in [-0.39, 0.29) is 6.54 Å². The fraction of sp³-hybridized carbons (Fsp3) is 0.750. The molecule has 0 bridgehead atoms. The average molecular weight is 244 g/mol. The Bertz CT molecular complexity index is 280. The zero-order valence-corrected chi connectivity index (χ0v) is 8.44. The molecule has 86 valence electrons. The summed E-state index contributed by atoms with van der Waals surface area (Å²) in [5.41, 5.74) is 0. The molecule has 1 saturated heterocycles. The number of alkyl halides is 3. The molecule has 0 aromatic carbocycles. The average Bonchev–Trinajstić information content (AvgIpc) is 2.47. The summed E-state index contributed by atoms with van der Waals surface area (Å²) < 4.78 is 35.8. The molecule has 0 aliphatic carbocycles. The van der Waals surface area contributed by atoms with Gasteiger partial charge in [-0.05, 0) is 24.4 Å². The fourth-order valence-electron chi connectivity index (χ4n) is 1.57. The van der Waals surface area contributed by atoms with Crippen LogP contribution in [0.5, 0.6) is 0 Å². The van der Waals surface area contributed by atoms with Crippen LogP contribution in [0.4, 0.5) is 13.2 Å². The van der Waals surface area contributed by atoms with Crippen LogP contribution in [0, 0.1) is 0 Å². The molecule has 0 aromatic heterocycles. The Morgan fingerprint density at radius 3 is 2.47 bits per heavy atom. The van der Waals surface area contributed by atoms with E-state index in [2.05, 4.69) is 0 Å². The minimum atomic E-state index is -4.54. The smallest absolute Gasteiger partial charge is 0.331 e. The molecule has 1 aliphatic heterocycles. The highest BCUT2D eigenvalue weighted by atomic mass is 35.5. The zero-order valence-electron chi connectivity index (χ0n) is 7.68. The van der Waals surface area contributed by atoms with E-state index in [0.29, 0.717) is 12.8 Å². The number of likely N-dealkylation sites (tertiary alicyclic amines) is 1. The Hall–Kier alpha value is -0.780. The molecule has 0 radical (unpaired) electrons. The molecule has 0 unspecified atom stereocenters. The molecule has 15 heavy (non-hydrogen) atoms. The van der Waals surface area contributed by atoms with Gasteiger partial charge in [0.05, 0.1) is 0 Å². The predicted octanol–water partition coefficient (Wildman–Crippen LogP) is 1.70. The SMILES string of the molecule is O=C(Cl)[C@@H]1CCCN1C(=O)CC(F)(F)F. The van der Waals surface area contributed by atoms with Crippen molar-refractivity contribution < 1.29 is 22.8 Å². The minimum Gasteiger partial charge on any atom is -0.331 e. The molecule has 1 aliphatic rings. The molecule has 0 aromatic rings. The van der Waals surface area contributed by atoms with Gasteiger partial charge >= 0.3 is 6.18 Å². The van der Waals surface area contributed by atoms with Gasteiger partial charge in [0.2, 0.25) is 11.1 Å². The Morgan fingerprint density at radius 1 is 1.40 bits per heavy atom. The molecule has 0 N–H and O–H groups in total. The van der Waals surface area contributed by atoms with Gasteiger partial charge in [0.25, 0.3) is 0 Å². The molecule has 1 heterocycles. The highest BCUT2D eigenvalue weighted by Crippen LogP contribution is 2.25. The highest BCUT2D eigenvalue weighted by molar-refractivity contribution is 6.64. The van der Waals surface area contributed by atoms with Crippen LogP contribution < -0.4 is 0 Å². The summed E-state index contributed by atoms with van der Waals surface area (Å²) in [6.45, 7) is 0.165. The lowest BCUT2D eigenvalue weighted by molar-refractivity contribution is -0.162. The van der Waals surface area contributed by atoms with Crippen LogP contribution in [0.3, 0.4) is 0 Å². The maximum Gasteiger partial charge on any atom is 0.397 e. The van der Waals surface area contributed by atoms with Gasteiger partial charge in [0.1, 0.15) is 12.5 Å². The van der Waals surface area contributed by atoms with E-state index in [0.717, 1.165) is 4.90 Å². The van der Waals surface area contributed by atoms with E-state index < -0.39 is 29.8 Å². The van der Waals surface area contributed by atoms with E-state index in [1.807, 2.05) is 0 Å². The second-order valence-corrected chi connectivity index (χ2v) is 3.71. The maximum atomic E-state index is 11.9. The van der Waals surface area contributed by atoms with Crippen LogP contribution in [0.1, 0.15) is 19.3 Å². The number of hydrogen-bond donors (Lipinski definition) is 0. The fourth-order valence-corrected chi connectivity index (χ4v) is 1.80. The van der Waals surface area contributed by atoms with Gasteiger partial charge in [-0.3, -0.25) is 9.59 Å². The van der Waals surface area contributed by atoms with Crippen molar-refractivity contribution in [3.63, 3.8) is 0 Å². The monoisotopic (exact) mass is 243 g/mol. The summed E-state index contributed by atoms with van der Waals surface area (Å²) in [7, 11) is 0. The lowest BCUT2D eigenvalue weighted by Gasteiger charge is -2.22. The number of carbonyl (C=O) groups is 2. The second-order valence-electron chi connectivity index (χ2n) is 3.34. The predicted molar refractivity (Wildman–Crippen MR) is 46.3 cm³/mol. The van der Waals surface area contributed by atoms with Crippen LogP contribution in [-0.4, -0.2) is 34.8 Å². The summed E-state index contributed by atoms with van der Waals surface area (Å²) in [6, 6.07) is -0.887. The van der Waals surface area contributed by atoms with E-state index >= 15 is 0 Å². The van der Waals surface area contributed by atoms with E-state index in [1.54, 1.807) is 0 Å². The molecule has 1 amide bonds. The number of carbonyl (C=O) groups excluding carboxylic acids is 2. The Morgan fingerprint density at radius 2 is 2.00 bits per heavy atom. The first-order chi connectivity index (χ1) is 6.81. The van der Waals surface area contributed by atoms with Crippen molar-refractivity contribution in [1.29, 1.82) is 0 Å². The molecule has 1 rings (SSSR count). The number of rotatable bonds is 2. The maximum absolute atomic E-state index is 11.9. The Labute approximate surface area is 89.2 Å². The van der Waals surface area contributed by atoms with Crippen LogP contribution >= 0.6 is 11.6 Å². The molecule has 0 saturated carbocycles. The van der Waals surface area contributed by atoms with Gasteiger partial charge in [0.15, 0.2) is 0 Å². The summed E-state index contributed by atoms with van der Waals surface area (Å²) in [6.07, 6.45) is -5.23. The molecule has 0 spiro atoms. The van der Waals surface area contributed by atoms with E-state index in [4.69, 9.17) is 11.6 Å². The third kappa shape index (κ3) is 3.37. The van der Waals surface area contributed by atoms with Crippen molar-refractivity contribution in [3.8, 4) is 0 Å². The lowest BCUT2D eigenvalue weighted by atomic mass is 10.2. The first-order valence-corrected chi connectivity index (χ1v) is 4.74. The van der Waals surface area contributed by atoms with Crippen LogP contribution in [0.25, 0.3) is 0 Å². The number of nitrogens with zero attached hydrogens (tertiary/aromatic N) is 1. The summed E-state index contributed by atoms with van der Waals surface area (Å²) in [5.74, 6) is -1.08. The van der Waals surface area contributed by atoms with Gasteiger partial charge in [-0.1, -0.05) is 0 Å². The number of amides is 1. The quantitative estimate of drug-likeness (QED) is 0.692. The van der Waals surface area contributed by atoms with E-state index in [1.165, 1.54) is 0 Å². The molecule has 7 heteroatoms. The molecule has 1 fully saturated rings. The lowest BCUT2D eigenvalue weighted by Crippen LogP contribution is -2.40. The van der Waals surface area contributed by atoms with Crippen molar-refractivity contribution in [1.82, 2.24) is 4.90 Å². The van der Waals surface area contributed by atoms with Crippen molar-refractivity contribution >= 4 is 22.8 Å². The first kappa shape index (κ1) is 12.3. The van der Waals surface area contributed by atoms with Crippen molar-refractivity contribution in [2.75, 3.05) is 6.54 Å². The molecule has 3 nitrogen and oxygen atoms in total. The van der Waals surface area contributed by atoms with Gasteiger partial charge in [-0.15, -0.1) is 0 Å². The van der Waals surface area contributed by atoms with Gasteiger partial charge in [-0.25, -0.2) is 0 Å². The van der Waals surface area contributed by atoms with Crippen molar-refractivity contribution in [3.05, 3.63) is 0 Å². The van der Waals surface area contributed by atoms with Crippen LogP contribution in [0.15, 0.2) is 0 Å². The third-order valence-electron chi connectivity index (χ3n) is 2.19. The standard InChI is InChI=1S/C8H9ClF3NO2/c9-7(15)5-2-1-3-13(5)6(14)4-8(10,11)12/h5H,1-4H2/t5-/m0/s1. The Kier molecular flexibility index (Phi) is 3.59. The largest absolute Gasteiger partial charge is 0.397 e. The number of hydrogen-bond acceptors (Lipinski definition) is 2. The first-order valence-electron chi connectivity index (χ1n) is 4.37. The normalized spacial score (nSPS) is 21.9. The summed E-state index contributed by atoms with van der Waals surface area (Å²) in [5, 5.41) is -0.775. The van der Waals surface area contributed by atoms with Crippen molar-refractivity contribution in [2.24, 2.45) is 0 Å². The topological polar surface area (TPSA) is 37.4 Å². The summed E-state index contributed by atoms with van der Waals surface area (Å²) in [4.78, 5) is 22.9. The van der Waals surface area contributed by atoms with Gasteiger partial charge in [0, 0.05) is 6.54 Å². The molecular weight excluding hydrogens is 235 g/mol. The second kappa shape index (κ2) is 4.38.